The van der Waals surface area contributed by atoms with Crippen molar-refractivity contribution in [3.8, 4) is 0 Å². The van der Waals surface area contributed by atoms with Crippen LogP contribution in [-0.2, 0) is 9.59 Å². The summed E-state index contributed by atoms with van der Waals surface area (Å²) in [5.41, 5.74) is 0.0473. The van der Waals surface area contributed by atoms with Crippen molar-refractivity contribution >= 4 is 35.3 Å². The number of imide groups is 1. The van der Waals surface area contributed by atoms with Gasteiger partial charge in [0.2, 0.25) is 5.91 Å². The van der Waals surface area contributed by atoms with Crippen molar-refractivity contribution in [3.05, 3.63) is 24.3 Å². The minimum absolute atomic E-state index is 0.0916. The number of hydrogen-bond acceptors (Lipinski definition) is 4. The summed E-state index contributed by atoms with van der Waals surface area (Å²) < 4.78 is 0. The van der Waals surface area contributed by atoms with E-state index >= 15 is 0 Å². The normalized spacial score (nSPS) is 30.2. The molecule has 0 aromatic heterocycles. The molecule has 1 saturated heterocycles. The number of benzene rings is 1. The number of fused-ring (bicyclic) bond motifs is 1. The largest absolute Gasteiger partial charge is 0.325 e. The fourth-order valence-electron chi connectivity index (χ4n) is 4.61. The first-order chi connectivity index (χ1) is 13.4. The number of amides is 4. The van der Waals surface area contributed by atoms with Crippen molar-refractivity contribution in [2.45, 2.75) is 61.6 Å². The number of hydrogen-bond donors (Lipinski definition) is 1. The number of thioether (sulfide) groups is 1. The van der Waals surface area contributed by atoms with Gasteiger partial charge < -0.3 is 10.2 Å². The first kappa shape index (κ1) is 19.3. The molecule has 3 aliphatic rings. The zero-order valence-corrected chi connectivity index (χ0v) is 17.3. The summed E-state index contributed by atoms with van der Waals surface area (Å²) in [5, 5.41) is 3.33. The fraction of sp³-hybridized carbons (Fsp3) is 0.571. The monoisotopic (exact) mass is 401 g/mol. The maximum atomic E-state index is 13.2. The lowest BCUT2D eigenvalue weighted by Crippen LogP contribution is -2.54. The van der Waals surface area contributed by atoms with E-state index in [4.69, 9.17) is 0 Å². The van der Waals surface area contributed by atoms with Crippen LogP contribution in [0.15, 0.2) is 29.2 Å². The lowest BCUT2D eigenvalue weighted by atomic mass is 9.73. The fourth-order valence-corrected chi connectivity index (χ4v) is 5.72. The SMILES string of the molecule is CC1CCN(C(=O)CN2C(=O)NC3(CCCCC3C)C2=O)c2ccccc2S1. The van der Waals surface area contributed by atoms with Gasteiger partial charge in [0.25, 0.3) is 5.91 Å². The summed E-state index contributed by atoms with van der Waals surface area (Å²) in [4.78, 5) is 42.9. The summed E-state index contributed by atoms with van der Waals surface area (Å²) in [6.45, 7) is 4.56. The Balaban J connectivity index is 1.55. The standard InChI is InChI=1S/C21H27N3O3S/c1-14-7-5-6-11-21(14)19(26)24(20(27)22-21)13-18(25)23-12-10-15(2)28-17-9-4-3-8-16(17)23/h3-4,8-9,14-15H,5-7,10-13H2,1-2H3,(H,22,27). The number of para-hydroxylation sites is 1. The van der Waals surface area contributed by atoms with E-state index in [2.05, 4.69) is 12.2 Å². The van der Waals surface area contributed by atoms with Crippen molar-refractivity contribution in [2.24, 2.45) is 5.92 Å². The first-order valence-electron chi connectivity index (χ1n) is 10.1. The zero-order valence-electron chi connectivity index (χ0n) is 16.4. The molecule has 28 heavy (non-hydrogen) atoms. The topological polar surface area (TPSA) is 69.7 Å². The van der Waals surface area contributed by atoms with Crippen LogP contribution in [0, 0.1) is 5.92 Å². The Bertz CT molecular complexity index is 814. The van der Waals surface area contributed by atoms with Gasteiger partial charge in [-0.1, -0.05) is 38.8 Å². The molecule has 3 atom stereocenters. The van der Waals surface area contributed by atoms with E-state index < -0.39 is 11.6 Å². The quantitative estimate of drug-likeness (QED) is 0.771. The number of nitrogens with one attached hydrogen (secondary N) is 1. The molecule has 2 aliphatic heterocycles. The number of carbonyl (C=O) groups is 3. The van der Waals surface area contributed by atoms with Gasteiger partial charge >= 0.3 is 6.03 Å². The minimum Gasteiger partial charge on any atom is -0.323 e. The van der Waals surface area contributed by atoms with Gasteiger partial charge in [0, 0.05) is 16.7 Å². The highest BCUT2D eigenvalue weighted by molar-refractivity contribution is 8.00. The Labute approximate surface area is 170 Å². The van der Waals surface area contributed by atoms with Crippen LogP contribution in [0.25, 0.3) is 0 Å². The molecule has 1 aromatic rings. The van der Waals surface area contributed by atoms with Crippen molar-refractivity contribution in [2.75, 3.05) is 18.0 Å². The second-order valence-electron chi connectivity index (χ2n) is 8.17. The van der Waals surface area contributed by atoms with Gasteiger partial charge in [0.1, 0.15) is 12.1 Å². The molecule has 0 bridgehead atoms. The first-order valence-corrected chi connectivity index (χ1v) is 11.0. The van der Waals surface area contributed by atoms with Crippen molar-refractivity contribution in [1.82, 2.24) is 10.2 Å². The number of nitrogens with zero attached hydrogens (tertiary/aromatic N) is 2. The van der Waals surface area contributed by atoms with E-state index in [0.29, 0.717) is 18.2 Å². The molecule has 0 radical (unpaired) electrons. The average Bonchev–Trinajstić information content (AvgIpc) is 2.81. The molecule has 1 spiro atoms. The van der Waals surface area contributed by atoms with E-state index in [1.807, 2.05) is 31.2 Å². The van der Waals surface area contributed by atoms with E-state index in [1.165, 1.54) is 0 Å². The van der Waals surface area contributed by atoms with Gasteiger partial charge in [0.05, 0.1) is 5.69 Å². The van der Waals surface area contributed by atoms with Crippen LogP contribution in [0.2, 0.25) is 0 Å². The molecule has 3 unspecified atom stereocenters. The molecule has 4 rings (SSSR count). The van der Waals surface area contributed by atoms with Crippen LogP contribution < -0.4 is 10.2 Å². The van der Waals surface area contributed by atoms with E-state index in [9.17, 15) is 14.4 Å². The molecule has 2 heterocycles. The molecule has 4 amide bonds. The number of urea groups is 1. The van der Waals surface area contributed by atoms with Crippen LogP contribution in [-0.4, -0.2) is 46.6 Å². The number of anilines is 1. The van der Waals surface area contributed by atoms with Gasteiger partial charge in [-0.3, -0.25) is 14.5 Å². The smallest absolute Gasteiger partial charge is 0.323 e. The Morgan fingerprint density at radius 1 is 1.21 bits per heavy atom. The number of rotatable bonds is 2. The van der Waals surface area contributed by atoms with Gasteiger partial charge in [-0.25, -0.2) is 4.79 Å². The molecule has 2 fully saturated rings. The highest BCUT2D eigenvalue weighted by Crippen LogP contribution is 2.39. The predicted octanol–water partition coefficient (Wildman–Crippen LogP) is 3.40. The maximum absolute atomic E-state index is 13.2. The summed E-state index contributed by atoms with van der Waals surface area (Å²) >= 11 is 1.76. The third-order valence-electron chi connectivity index (χ3n) is 6.34. The van der Waals surface area contributed by atoms with E-state index in [1.54, 1.807) is 16.7 Å². The van der Waals surface area contributed by atoms with Crippen LogP contribution in [0.1, 0.15) is 46.0 Å². The molecule has 1 aromatic carbocycles. The third-order valence-corrected chi connectivity index (χ3v) is 7.58. The second kappa shape index (κ2) is 7.43. The van der Waals surface area contributed by atoms with Gasteiger partial charge in [-0.15, -0.1) is 11.8 Å². The summed E-state index contributed by atoms with van der Waals surface area (Å²) in [5.74, 6) is -0.343. The minimum atomic E-state index is -0.823. The van der Waals surface area contributed by atoms with Gasteiger partial charge in [-0.2, -0.15) is 0 Å². The second-order valence-corrected chi connectivity index (χ2v) is 9.65. The molecule has 7 heteroatoms. The van der Waals surface area contributed by atoms with E-state index in [0.717, 1.165) is 41.2 Å². The molecule has 150 valence electrons. The Kier molecular flexibility index (Phi) is 5.12. The maximum Gasteiger partial charge on any atom is 0.325 e. The summed E-state index contributed by atoms with van der Waals surface area (Å²) in [7, 11) is 0. The molecule has 6 nitrogen and oxygen atoms in total. The Morgan fingerprint density at radius 3 is 2.79 bits per heavy atom. The van der Waals surface area contributed by atoms with Crippen LogP contribution >= 0.6 is 11.8 Å². The number of carbonyl (C=O) groups excluding carboxylic acids is 3. The zero-order chi connectivity index (χ0) is 19.9. The molecular weight excluding hydrogens is 374 g/mol. The summed E-state index contributed by atoms with van der Waals surface area (Å²) in [6, 6.07) is 7.42. The van der Waals surface area contributed by atoms with Crippen LogP contribution in [0.4, 0.5) is 10.5 Å². The lowest BCUT2D eigenvalue weighted by molar-refractivity contribution is -0.136. The van der Waals surface area contributed by atoms with Crippen molar-refractivity contribution in [1.29, 1.82) is 0 Å². The van der Waals surface area contributed by atoms with Crippen LogP contribution in [0.3, 0.4) is 0 Å². The third kappa shape index (κ3) is 3.19. The molecule has 1 saturated carbocycles. The average molecular weight is 402 g/mol. The van der Waals surface area contributed by atoms with Crippen molar-refractivity contribution in [3.63, 3.8) is 0 Å². The van der Waals surface area contributed by atoms with Gasteiger partial charge in [0.15, 0.2) is 0 Å². The predicted molar refractivity (Wildman–Crippen MR) is 109 cm³/mol. The van der Waals surface area contributed by atoms with E-state index in [-0.39, 0.29) is 24.3 Å². The highest BCUT2D eigenvalue weighted by atomic mass is 32.2. The molecular formula is C21H27N3O3S. The Morgan fingerprint density at radius 2 is 2.00 bits per heavy atom. The van der Waals surface area contributed by atoms with Gasteiger partial charge in [-0.05, 0) is 37.3 Å². The lowest BCUT2D eigenvalue weighted by Gasteiger charge is -2.36. The summed E-state index contributed by atoms with van der Waals surface area (Å²) in [6.07, 6.45) is 4.44. The Hall–Kier alpha value is -2.02. The highest BCUT2D eigenvalue weighted by Gasteiger charge is 2.55. The van der Waals surface area contributed by atoms with Crippen molar-refractivity contribution < 1.29 is 14.4 Å². The molecule has 1 N–H and O–H groups in total. The molecule has 1 aliphatic carbocycles. The van der Waals surface area contributed by atoms with Crippen LogP contribution in [0.5, 0.6) is 0 Å².